The summed E-state index contributed by atoms with van der Waals surface area (Å²) < 4.78 is 11.0. The Morgan fingerprint density at radius 1 is 1.19 bits per heavy atom. The van der Waals surface area contributed by atoms with Gasteiger partial charge >= 0.3 is 6.09 Å². The SMILES string of the molecule is CC(C)(C)OC(=O)NCC=Cc1ccc(C#N)c(OCc2ccccc2)c1. The minimum absolute atomic E-state index is 0.342. The van der Waals surface area contributed by atoms with E-state index in [4.69, 9.17) is 9.47 Å². The van der Waals surface area contributed by atoms with Crippen molar-refractivity contribution in [3.8, 4) is 11.8 Å². The van der Waals surface area contributed by atoms with Gasteiger partial charge in [-0.3, -0.25) is 0 Å². The van der Waals surface area contributed by atoms with E-state index in [2.05, 4.69) is 11.4 Å². The lowest BCUT2D eigenvalue weighted by molar-refractivity contribution is 0.0534. The van der Waals surface area contributed by atoms with Crippen molar-refractivity contribution in [1.82, 2.24) is 5.32 Å². The Bertz CT molecular complexity index is 831. The second kappa shape index (κ2) is 9.44. The van der Waals surface area contributed by atoms with E-state index in [1.807, 2.05) is 75.4 Å². The van der Waals surface area contributed by atoms with Crippen molar-refractivity contribution in [3.63, 3.8) is 0 Å². The van der Waals surface area contributed by atoms with E-state index in [-0.39, 0.29) is 0 Å². The van der Waals surface area contributed by atoms with Gasteiger partial charge in [0.1, 0.15) is 24.0 Å². The van der Waals surface area contributed by atoms with E-state index in [1.165, 1.54) is 0 Å². The molecule has 0 aliphatic carbocycles. The maximum Gasteiger partial charge on any atom is 0.407 e. The number of amides is 1. The fourth-order valence-electron chi connectivity index (χ4n) is 2.24. The van der Waals surface area contributed by atoms with E-state index >= 15 is 0 Å². The molecule has 0 atom stereocenters. The fraction of sp³-hybridized carbons (Fsp3) is 0.273. The topological polar surface area (TPSA) is 71.3 Å². The molecule has 0 spiro atoms. The van der Waals surface area contributed by atoms with Gasteiger partial charge in [-0.2, -0.15) is 5.26 Å². The lowest BCUT2D eigenvalue weighted by Crippen LogP contribution is -2.32. The average molecular weight is 364 g/mol. The van der Waals surface area contributed by atoms with Crippen LogP contribution in [0.15, 0.2) is 54.6 Å². The van der Waals surface area contributed by atoms with E-state index in [0.717, 1.165) is 11.1 Å². The highest BCUT2D eigenvalue weighted by molar-refractivity contribution is 5.68. The molecule has 0 unspecified atom stereocenters. The molecule has 2 aromatic rings. The van der Waals surface area contributed by atoms with Crippen LogP contribution in [0.3, 0.4) is 0 Å². The molecule has 2 aromatic carbocycles. The zero-order valence-electron chi connectivity index (χ0n) is 15.9. The summed E-state index contributed by atoms with van der Waals surface area (Å²) in [5.41, 5.74) is 1.87. The maximum absolute atomic E-state index is 11.6. The molecule has 0 radical (unpaired) electrons. The Labute approximate surface area is 160 Å². The molecule has 5 nitrogen and oxygen atoms in total. The predicted molar refractivity (Wildman–Crippen MR) is 105 cm³/mol. The Hall–Kier alpha value is -3.26. The summed E-state index contributed by atoms with van der Waals surface area (Å²) in [6.45, 7) is 6.18. The second-order valence-corrected chi connectivity index (χ2v) is 6.93. The van der Waals surface area contributed by atoms with E-state index in [9.17, 15) is 10.1 Å². The minimum Gasteiger partial charge on any atom is -0.488 e. The number of nitrogens with one attached hydrogen (secondary N) is 1. The largest absolute Gasteiger partial charge is 0.488 e. The average Bonchev–Trinajstić information content (AvgIpc) is 2.63. The van der Waals surface area contributed by atoms with Crippen LogP contribution in [0.25, 0.3) is 6.08 Å². The van der Waals surface area contributed by atoms with Gasteiger partial charge < -0.3 is 14.8 Å². The molecule has 0 heterocycles. The molecule has 0 saturated carbocycles. The van der Waals surface area contributed by atoms with Gasteiger partial charge in [-0.1, -0.05) is 48.6 Å². The smallest absolute Gasteiger partial charge is 0.407 e. The summed E-state index contributed by atoms with van der Waals surface area (Å²) in [7, 11) is 0. The van der Waals surface area contributed by atoms with Crippen LogP contribution >= 0.6 is 0 Å². The quantitative estimate of drug-likeness (QED) is 0.808. The summed E-state index contributed by atoms with van der Waals surface area (Å²) in [5, 5.41) is 11.9. The van der Waals surface area contributed by atoms with Crippen molar-refractivity contribution < 1.29 is 14.3 Å². The highest BCUT2D eigenvalue weighted by Crippen LogP contribution is 2.22. The molecule has 0 aliphatic heterocycles. The first-order valence-electron chi connectivity index (χ1n) is 8.71. The molecule has 0 saturated heterocycles. The summed E-state index contributed by atoms with van der Waals surface area (Å²) in [4.78, 5) is 11.6. The van der Waals surface area contributed by atoms with Crippen LogP contribution in [0, 0.1) is 11.3 Å². The van der Waals surface area contributed by atoms with E-state index in [0.29, 0.717) is 24.5 Å². The number of rotatable bonds is 6. The molecular formula is C22H24N2O3. The van der Waals surface area contributed by atoms with Crippen molar-refractivity contribution in [3.05, 3.63) is 71.3 Å². The number of carbonyl (C=O) groups excluding carboxylic acids is 1. The first kappa shape index (κ1) is 20.1. The number of benzene rings is 2. The summed E-state index contributed by atoms with van der Waals surface area (Å²) in [6.07, 6.45) is 3.21. The highest BCUT2D eigenvalue weighted by atomic mass is 16.6. The van der Waals surface area contributed by atoms with Crippen molar-refractivity contribution >= 4 is 12.2 Å². The third-order valence-corrected chi connectivity index (χ3v) is 3.44. The van der Waals surface area contributed by atoms with Gasteiger partial charge in [-0.15, -0.1) is 0 Å². The maximum atomic E-state index is 11.6. The molecule has 2 rings (SSSR count). The van der Waals surface area contributed by atoms with E-state index in [1.54, 1.807) is 6.07 Å². The van der Waals surface area contributed by atoms with Gasteiger partial charge in [-0.05, 0) is 44.0 Å². The number of hydrogen-bond donors (Lipinski definition) is 1. The minimum atomic E-state index is -0.522. The number of hydrogen-bond acceptors (Lipinski definition) is 4. The van der Waals surface area contributed by atoms with Crippen molar-refractivity contribution in [2.24, 2.45) is 0 Å². The van der Waals surface area contributed by atoms with Crippen LogP contribution < -0.4 is 10.1 Å². The van der Waals surface area contributed by atoms with Crippen LogP contribution in [-0.4, -0.2) is 18.2 Å². The predicted octanol–water partition coefficient (Wildman–Crippen LogP) is 4.68. The van der Waals surface area contributed by atoms with Crippen LogP contribution in [0.2, 0.25) is 0 Å². The van der Waals surface area contributed by atoms with E-state index < -0.39 is 11.7 Å². The number of nitrogens with zero attached hydrogens (tertiary/aromatic N) is 1. The molecule has 0 fully saturated rings. The number of ether oxygens (including phenoxy) is 2. The molecule has 0 aromatic heterocycles. The highest BCUT2D eigenvalue weighted by Gasteiger charge is 2.15. The lowest BCUT2D eigenvalue weighted by Gasteiger charge is -2.19. The number of nitriles is 1. The van der Waals surface area contributed by atoms with Gasteiger partial charge in [-0.25, -0.2) is 4.79 Å². The first-order valence-corrected chi connectivity index (χ1v) is 8.71. The molecule has 1 amide bonds. The molecule has 0 aliphatic rings. The third kappa shape index (κ3) is 7.25. The van der Waals surface area contributed by atoms with Gasteiger partial charge in [0.2, 0.25) is 0 Å². The Kier molecular flexibility index (Phi) is 7.01. The monoisotopic (exact) mass is 364 g/mol. The first-order chi connectivity index (χ1) is 12.9. The summed E-state index contributed by atoms with van der Waals surface area (Å²) in [6, 6.07) is 17.3. The molecular weight excluding hydrogens is 340 g/mol. The lowest BCUT2D eigenvalue weighted by atomic mass is 10.1. The van der Waals surface area contributed by atoms with Crippen molar-refractivity contribution in [2.45, 2.75) is 33.0 Å². The second-order valence-electron chi connectivity index (χ2n) is 6.93. The zero-order chi connectivity index (χ0) is 19.7. The normalized spacial score (nSPS) is 11.0. The Morgan fingerprint density at radius 3 is 2.59 bits per heavy atom. The van der Waals surface area contributed by atoms with Crippen LogP contribution in [0.5, 0.6) is 5.75 Å². The summed E-state index contributed by atoms with van der Waals surface area (Å²) >= 11 is 0. The van der Waals surface area contributed by atoms with Crippen molar-refractivity contribution in [1.29, 1.82) is 5.26 Å². The zero-order valence-corrected chi connectivity index (χ0v) is 15.9. The van der Waals surface area contributed by atoms with Gasteiger partial charge in [0, 0.05) is 6.54 Å². The van der Waals surface area contributed by atoms with Gasteiger partial charge in [0.25, 0.3) is 0 Å². The molecule has 0 bridgehead atoms. The molecule has 5 heteroatoms. The standard InChI is InChI=1S/C22H24N2O3/c1-22(2,3)27-21(25)24-13-7-10-17-11-12-19(15-23)20(14-17)26-16-18-8-5-4-6-9-18/h4-12,14H,13,16H2,1-3H3,(H,24,25). The van der Waals surface area contributed by atoms with Crippen molar-refractivity contribution in [2.75, 3.05) is 6.54 Å². The number of carbonyl (C=O) groups is 1. The molecule has 27 heavy (non-hydrogen) atoms. The van der Waals surface area contributed by atoms with Crippen LogP contribution in [0.4, 0.5) is 4.79 Å². The Morgan fingerprint density at radius 2 is 1.93 bits per heavy atom. The molecule has 1 N–H and O–H groups in total. The molecule has 140 valence electrons. The van der Waals surface area contributed by atoms with Crippen LogP contribution in [-0.2, 0) is 11.3 Å². The number of alkyl carbamates (subject to hydrolysis) is 1. The summed E-state index contributed by atoms with van der Waals surface area (Å²) in [5.74, 6) is 0.531. The van der Waals surface area contributed by atoms with Gasteiger partial charge in [0.05, 0.1) is 5.56 Å². The van der Waals surface area contributed by atoms with Gasteiger partial charge in [0.15, 0.2) is 0 Å². The fourth-order valence-corrected chi connectivity index (χ4v) is 2.24. The van der Waals surface area contributed by atoms with Crippen LogP contribution in [0.1, 0.15) is 37.5 Å². The third-order valence-electron chi connectivity index (χ3n) is 3.44. The Balaban J connectivity index is 1.95.